The number of halogens is 2. The van der Waals surface area contributed by atoms with Crippen molar-refractivity contribution >= 4 is 12.0 Å². The number of ether oxygens (including phenoxy) is 2. The van der Waals surface area contributed by atoms with Crippen LogP contribution in [0, 0.1) is 11.6 Å². The Labute approximate surface area is 144 Å². The molecule has 0 aliphatic heterocycles. The molecular weight excluding hydrogens is 338 g/mol. The van der Waals surface area contributed by atoms with Crippen LogP contribution in [0.25, 0.3) is 0 Å². The van der Waals surface area contributed by atoms with Crippen LogP contribution in [-0.4, -0.2) is 49.5 Å². The van der Waals surface area contributed by atoms with Crippen LogP contribution in [0.5, 0.6) is 5.75 Å². The van der Waals surface area contributed by atoms with Gasteiger partial charge < -0.3 is 14.8 Å². The zero-order chi connectivity index (χ0) is 19.2. The minimum atomic E-state index is -1.19. The molecule has 0 radical (unpaired) electrons. The minimum absolute atomic E-state index is 0.124. The fourth-order valence-corrected chi connectivity index (χ4v) is 1.73. The Morgan fingerprint density at radius 1 is 1.20 bits per heavy atom. The number of carbonyl (C=O) groups excluding carboxylic acids is 2. The monoisotopic (exact) mass is 360 g/mol. The Balaban J connectivity index is 2.83. The van der Waals surface area contributed by atoms with E-state index < -0.39 is 35.3 Å². The number of hydrogen-bond acceptors (Lipinski definition) is 5. The Bertz CT molecular complexity index is 599. The second kappa shape index (κ2) is 8.61. The van der Waals surface area contributed by atoms with Crippen LogP contribution < -0.4 is 10.1 Å². The summed E-state index contributed by atoms with van der Waals surface area (Å²) in [6.07, 6.45) is -0.843. The number of alkyl carbamates (subject to hydrolysis) is 1. The van der Waals surface area contributed by atoms with Gasteiger partial charge in [0.05, 0.1) is 7.11 Å². The largest absolute Gasteiger partial charge is 0.491 e. The maximum atomic E-state index is 13.2. The SMILES string of the molecule is CON(C)C(=O)C(COc1cc(F)cc(F)c1)NC(=O)OC(C)(C)C. The molecule has 1 N–H and O–H groups in total. The summed E-state index contributed by atoms with van der Waals surface area (Å²) >= 11 is 0. The number of hydroxylamine groups is 2. The number of hydrogen-bond donors (Lipinski definition) is 1. The number of benzene rings is 1. The Morgan fingerprint density at radius 2 is 1.76 bits per heavy atom. The smallest absolute Gasteiger partial charge is 0.408 e. The zero-order valence-corrected chi connectivity index (χ0v) is 14.8. The van der Waals surface area contributed by atoms with E-state index >= 15 is 0 Å². The predicted molar refractivity (Wildman–Crippen MR) is 84.8 cm³/mol. The normalized spacial score (nSPS) is 12.3. The molecule has 9 heteroatoms. The third-order valence-electron chi connectivity index (χ3n) is 2.83. The second-order valence-corrected chi connectivity index (χ2v) is 6.13. The van der Waals surface area contributed by atoms with Gasteiger partial charge in [0.25, 0.3) is 5.91 Å². The summed E-state index contributed by atoms with van der Waals surface area (Å²) in [7, 11) is 2.61. The lowest BCUT2D eigenvalue weighted by molar-refractivity contribution is -0.171. The van der Waals surface area contributed by atoms with Gasteiger partial charge in [-0.2, -0.15) is 0 Å². The summed E-state index contributed by atoms with van der Waals surface area (Å²) < 4.78 is 36.7. The molecule has 0 fully saturated rings. The third-order valence-corrected chi connectivity index (χ3v) is 2.83. The van der Waals surface area contributed by atoms with Gasteiger partial charge in [0.1, 0.15) is 35.6 Å². The van der Waals surface area contributed by atoms with Gasteiger partial charge in [0.2, 0.25) is 0 Å². The average Bonchev–Trinajstić information content (AvgIpc) is 2.47. The molecule has 1 rings (SSSR count). The van der Waals surface area contributed by atoms with Crippen LogP contribution >= 0.6 is 0 Å². The van der Waals surface area contributed by atoms with Gasteiger partial charge in [0, 0.05) is 25.2 Å². The first kappa shape index (κ1) is 20.6. The molecule has 0 aliphatic rings. The number of carbonyl (C=O) groups is 2. The number of likely N-dealkylation sites (N-methyl/N-ethyl adjacent to an activating group) is 1. The van der Waals surface area contributed by atoms with Gasteiger partial charge in [0.15, 0.2) is 0 Å². The van der Waals surface area contributed by atoms with Gasteiger partial charge in [-0.25, -0.2) is 18.6 Å². The van der Waals surface area contributed by atoms with E-state index in [1.165, 1.54) is 14.2 Å². The molecule has 0 aromatic heterocycles. The highest BCUT2D eigenvalue weighted by Gasteiger charge is 2.27. The van der Waals surface area contributed by atoms with Gasteiger partial charge in [-0.3, -0.25) is 9.63 Å². The lowest BCUT2D eigenvalue weighted by Gasteiger charge is -2.25. The lowest BCUT2D eigenvalue weighted by Crippen LogP contribution is -2.51. The van der Waals surface area contributed by atoms with Crippen molar-refractivity contribution in [2.75, 3.05) is 20.8 Å². The maximum absolute atomic E-state index is 13.2. The summed E-state index contributed by atoms with van der Waals surface area (Å²) in [5.74, 6) is -2.41. The maximum Gasteiger partial charge on any atom is 0.408 e. The Morgan fingerprint density at radius 3 is 2.24 bits per heavy atom. The third kappa shape index (κ3) is 7.34. The molecule has 0 saturated heterocycles. The van der Waals surface area contributed by atoms with E-state index in [2.05, 4.69) is 5.32 Å². The first-order valence-corrected chi connectivity index (χ1v) is 7.42. The molecule has 0 saturated carbocycles. The Hall–Kier alpha value is -2.42. The fourth-order valence-electron chi connectivity index (χ4n) is 1.73. The lowest BCUT2D eigenvalue weighted by atomic mass is 10.2. The Kier molecular flexibility index (Phi) is 7.10. The fraction of sp³-hybridized carbons (Fsp3) is 0.500. The molecule has 7 nitrogen and oxygen atoms in total. The molecule has 0 aliphatic carbocycles. The van der Waals surface area contributed by atoms with Gasteiger partial charge >= 0.3 is 6.09 Å². The second-order valence-electron chi connectivity index (χ2n) is 6.13. The molecule has 1 aromatic carbocycles. The summed E-state index contributed by atoms with van der Waals surface area (Å²) in [5.41, 5.74) is -0.766. The van der Waals surface area contributed by atoms with E-state index in [1.54, 1.807) is 20.8 Å². The van der Waals surface area contributed by atoms with Crippen LogP contribution in [0.15, 0.2) is 18.2 Å². The van der Waals surface area contributed by atoms with Gasteiger partial charge in [-0.1, -0.05) is 0 Å². The van der Waals surface area contributed by atoms with E-state index in [1.807, 2.05) is 0 Å². The first-order valence-electron chi connectivity index (χ1n) is 7.42. The highest BCUT2D eigenvalue weighted by molar-refractivity contribution is 5.85. The van der Waals surface area contributed by atoms with Crippen molar-refractivity contribution in [3.63, 3.8) is 0 Å². The van der Waals surface area contributed by atoms with Crippen molar-refractivity contribution in [2.24, 2.45) is 0 Å². The number of amides is 2. The number of rotatable bonds is 6. The van der Waals surface area contributed by atoms with Crippen molar-refractivity contribution < 1.29 is 32.7 Å². The van der Waals surface area contributed by atoms with Crippen molar-refractivity contribution in [1.82, 2.24) is 10.4 Å². The van der Waals surface area contributed by atoms with Crippen molar-refractivity contribution in [2.45, 2.75) is 32.4 Å². The molecule has 140 valence electrons. The topological polar surface area (TPSA) is 77.1 Å². The van der Waals surface area contributed by atoms with E-state index in [0.717, 1.165) is 17.2 Å². The van der Waals surface area contributed by atoms with E-state index in [0.29, 0.717) is 6.07 Å². The zero-order valence-electron chi connectivity index (χ0n) is 14.8. The summed E-state index contributed by atoms with van der Waals surface area (Å²) in [4.78, 5) is 28.9. The number of nitrogens with zero attached hydrogens (tertiary/aromatic N) is 1. The minimum Gasteiger partial charge on any atom is -0.491 e. The summed E-state index contributed by atoms with van der Waals surface area (Å²) in [5, 5.41) is 3.23. The van der Waals surface area contributed by atoms with Crippen LogP contribution in [-0.2, 0) is 14.4 Å². The van der Waals surface area contributed by atoms with Gasteiger partial charge in [-0.15, -0.1) is 0 Å². The summed E-state index contributed by atoms with van der Waals surface area (Å²) in [6, 6.07) is 1.41. The van der Waals surface area contributed by atoms with Gasteiger partial charge in [-0.05, 0) is 20.8 Å². The van der Waals surface area contributed by atoms with Crippen molar-refractivity contribution in [1.29, 1.82) is 0 Å². The molecular formula is C16H22F2N2O5. The highest BCUT2D eigenvalue weighted by Crippen LogP contribution is 2.16. The van der Waals surface area contributed by atoms with Crippen LogP contribution in [0.1, 0.15) is 20.8 Å². The quantitative estimate of drug-likeness (QED) is 0.788. The molecule has 2 amide bonds. The van der Waals surface area contributed by atoms with Crippen LogP contribution in [0.3, 0.4) is 0 Å². The molecule has 0 spiro atoms. The number of nitrogens with one attached hydrogen (secondary N) is 1. The van der Waals surface area contributed by atoms with E-state index in [9.17, 15) is 18.4 Å². The van der Waals surface area contributed by atoms with E-state index in [-0.39, 0.29) is 12.4 Å². The van der Waals surface area contributed by atoms with Crippen molar-refractivity contribution in [3.05, 3.63) is 29.8 Å². The average molecular weight is 360 g/mol. The molecule has 0 bridgehead atoms. The van der Waals surface area contributed by atoms with Crippen molar-refractivity contribution in [3.8, 4) is 5.75 Å². The molecule has 1 unspecified atom stereocenters. The molecule has 1 aromatic rings. The predicted octanol–water partition coefficient (Wildman–Crippen LogP) is 2.26. The molecule has 1 atom stereocenters. The highest BCUT2D eigenvalue weighted by atomic mass is 19.1. The van der Waals surface area contributed by atoms with E-state index in [4.69, 9.17) is 14.3 Å². The molecule has 0 heterocycles. The van der Waals surface area contributed by atoms with Crippen LogP contribution in [0.4, 0.5) is 13.6 Å². The standard InChI is InChI=1S/C16H22F2N2O5/c1-16(2,3)25-15(22)19-13(14(21)20(4)23-5)9-24-12-7-10(17)6-11(18)8-12/h6-8,13H,9H2,1-5H3,(H,19,22). The summed E-state index contributed by atoms with van der Waals surface area (Å²) in [6.45, 7) is 4.61. The van der Waals surface area contributed by atoms with Crippen LogP contribution in [0.2, 0.25) is 0 Å². The first-order chi connectivity index (χ1) is 11.5. The molecule has 25 heavy (non-hydrogen) atoms.